The fourth-order valence-corrected chi connectivity index (χ4v) is 2.99. The highest BCUT2D eigenvalue weighted by Gasteiger charge is 2.18. The number of nitrogens with one attached hydrogen (secondary N) is 1. The van der Waals surface area contributed by atoms with Gasteiger partial charge in [-0.2, -0.15) is 0 Å². The van der Waals surface area contributed by atoms with E-state index in [1.807, 2.05) is 63.5 Å². The normalized spacial score (nSPS) is 11.0. The average Bonchev–Trinajstić information content (AvgIpc) is 3.19. The first kappa shape index (κ1) is 17.9. The summed E-state index contributed by atoms with van der Waals surface area (Å²) < 4.78 is 7.63. The largest absolute Gasteiger partial charge is 0.421 e. The third-order valence-electron chi connectivity index (χ3n) is 4.75. The lowest BCUT2D eigenvalue weighted by atomic mass is 10.1. The van der Waals surface area contributed by atoms with E-state index in [2.05, 4.69) is 15.5 Å². The number of rotatable bonds is 5. The number of hydrogen-bond donors (Lipinski definition) is 1. The molecule has 0 atom stereocenters. The van der Waals surface area contributed by atoms with Gasteiger partial charge in [0, 0.05) is 23.5 Å². The van der Waals surface area contributed by atoms with E-state index >= 15 is 0 Å². The maximum atomic E-state index is 12.6. The predicted octanol–water partition coefficient (Wildman–Crippen LogP) is 3.97. The Balaban J connectivity index is 1.81. The molecule has 0 aliphatic heterocycles. The molecule has 136 valence electrons. The van der Waals surface area contributed by atoms with E-state index in [4.69, 9.17) is 4.42 Å². The van der Waals surface area contributed by atoms with Crippen molar-refractivity contribution in [3.63, 3.8) is 0 Å². The predicted molar refractivity (Wildman–Crippen MR) is 101 cm³/mol. The number of carbonyl (C=O) groups is 1. The quantitative estimate of drug-likeness (QED) is 0.754. The summed E-state index contributed by atoms with van der Waals surface area (Å²) in [6.07, 6.45) is 0.698. The van der Waals surface area contributed by atoms with Crippen LogP contribution in [0.15, 0.2) is 28.7 Å². The summed E-state index contributed by atoms with van der Waals surface area (Å²) in [4.78, 5) is 12.6. The minimum absolute atomic E-state index is 0.0631. The van der Waals surface area contributed by atoms with E-state index < -0.39 is 0 Å². The lowest BCUT2D eigenvalue weighted by Gasteiger charge is -2.13. The number of aromatic nitrogens is 3. The van der Waals surface area contributed by atoms with Gasteiger partial charge in [-0.05, 0) is 51.0 Å². The Bertz CT molecular complexity index is 953. The highest BCUT2D eigenvalue weighted by Crippen LogP contribution is 2.26. The van der Waals surface area contributed by atoms with Crippen LogP contribution in [0.1, 0.15) is 35.3 Å². The van der Waals surface area contributed by atoms with Crippen LogP contribution in [0.5, 0.6) is 0 Å². The van der Waals surface area contributed by atoms with E-state index in [0.717, 1.165) is 33.8 Å². The zero-order chi connectivity index (χ0) is 18.8. The Morgan fingerprint density at radius 2 is 1.96 bits per heavy atom. The second-order valence-corrected chi connectivity index (χ2v) is 6.52. The van der Waals surface area contributed by atoms with Crippen LogP contribution in [0.25, 0.3) is 11.5 Å². The molecule has 3 aromatic rings. The molecule has 6 heteroatoms. The van der Waals surface area contributed by atoms with Crippen molar-refractivity contribution in [2.45, 2.75) is 47.6 Å². The molecule has 0 spiro atoms. The molecule has 0 unspecified atom stereocenters. The van der Waals surface area contributed by atoms with Gasteiger partial charge in [-0.3, -0.25) is 4.79 Å². The summed E-state index contributed by atoms with van der Waals surface area (Å²) in [6, 6.07) is 7.88. The molecule has 2 heterocycles. The van der Waals surface area contributed by atoms with E-state index in [1.54, 1.807) is 0 Å². The molecule has 0 saturated heterocycles. The summed E-state index contributed by atoms with van der Waals surface area (Å²) in [5.74, 6) is 1.04. The van der Waals surface area contributed by atoms with E-state index in [1.165, 1.54) is 0 Å². The Morgan fingerprint density at radius 3 is 2.65 bits per heavy atom. The number of anilines is 1. The molecule has 0 saturated carbocycles. The Hall–Kier alpha value is -2.89. The van der Waals surface area contributed by atoms with Gasteiger partial charge in [0.05, 0.1) is 5.56 Å². The van der Waals surface area contributed by atoms with Crippen LogP contribution >= 0.6 is 0 Å². The standard InChI is InChI=1S/C20H24N4O2/c1-6-19-22-23-20(26-19)16-10-13(3)24(15(16)5)11-18(25)21-17-9-7-8-12(2)14(17)4/h7-10H,6,11H2,1-5H3,(H,21,25). The van der Waals surface area contributed by atoms with Crippen molar-refractivity contribution in [3.8, 4) is 11.5 Å². The first-order chi connectivity index (χ1) is 12.4. The summed E-state index contributed by atoms with van der Waals surface area (Å²) in [7, 11) is 0. The molecule has 0 radical (unpaired) electrons. The molecule has 26 heavy (non-hydrogen) atoms. The minimum Gasteiger partial charge on any atom is -0.421 e. The molecular weight excluding hydrogens is 328 g/mol. The molecule has 0 aliphatic carbocycles. The van der Waals surface area contributed by atoms with E-state index in [9.17, 15) is 4.79 Å². The van der Waals surface area contributed by atoms with Crippen LogP contribution in [0, 0.1) is 27.7 Å². The van der Waals surface area contributed by atoms with Crippen LogP contribution < -0.4 is 5.32 Å². The van der Waals surface area contributed by atoms with Crippen LogP contribution in [0.4, 0.5) is 5.69 Å². The first-order valence-corrected chi connectivity index (χ1v) is 8.76. The van der Waals surface area contributed by atoms with Crippen LogP contribution in [0.3, 0.4) is 0 Å². The van der Waals surface area contributed by atoms with Gasteiger partial charge in [0.25, 0.3) is 0 Å². The van der Waals surface area contributed by atoms with E-state index in [-0.39, 0.29) is 12.5 Å². The highest BCUT2D eigenvalue weighted by molar-refractivity contribution is 5.91. The summed E-state index contributed by atoms with van der Waals surface area (Å²) in [5.41, 5.74) is 5.87. The minimum atomic E-state index is -0.0631. The van der Waals surface area contributed by atoms with Gasteiger partial charge in [0.15, 0.2) is 0 Å². The molecule has 1 N–H and O–H groups in total. The number of aryl methyl sites for hydroxylation is 3. The fourth-order valence-electron chi connectivity index (χ4n) is 2.99. The maximum Gasteiger partial charge on any atom is 0.249 e. The SMILES string of the molecule is CCc1nnc(-c2cc(C)n(CC(=O)Nc3cccc(C)c3C)c2C)o1. The van der Waals surface area contributed by atoms with Gasteiger partial charge in [0.2, 0.25) is 17.7 Å². The molecular formula is C20H24N4O2. The Labute approximate surface area is 153 Å². The Morgan fingerprint density at radius 1 is 1.19 bits per heavy atom. The number of carbonyl (C=O) groups excluding carboxylic acids is 1. The van der Waals surface area contributed by atoms with Gasteiger partial charge < -0.3 is 14.3 Å². The lowest BCUT2D eigenvalue weighted by Crippen LogP contribution is -2.20. The monoisotopic (exact) mass is 352 g/mol. The van der Waals surface area contributed by atoms with Crippen LogP contribution in [0.2, 0.25) is 0 Å². The second kappa shape index (κ2) is 7.15. The van der Waals surface area contributed by atoms with Gasteiger partial charge in [0.1, 0.15) is 6.54 Å². The van der Waals surface area contributed by atoms with E-state index in [0.29, 0.717) is 18.2 Å². The van der Waals surface area contributed by atoms with Gasteiger partial charge >= 0.3 is 0 Å². The summed E-state index contributed by atoms with van der Waals surface area (Å²) in [6.45, 7) is 10.2. The van der Waals surface area contributed by atoms with Crippen molar-refractivity contribution in [1.29, 1.82) is 0 Å². The second-order valence-electron chi connectivity index (χ2n) is 6.52. The molecule has 0 fully saturated rings. The lowest BCUT2D eigenvalue weighted by molar-refractivity contribution is -0.116. The van der Waals surface area contributed by atoms with Gasteiger partial charge in [-0.25, -0.2) is 0 Å². The maximum absolute atomic E-state index is 12.6. The van der Waals surface area contributed by atoms with Gasteiger partial charge in [-0.1, -0.05) is 19.1 Å². The van der Waals surface area contributed by atoms with Crippen LogP contribution in [-0.4, -0.2) is 20.7 Å². The van der Waals surface area contributed by atoms with Crippen molar-refractivity contribution < 1.29 is 9.21 Å². The smallest absolute Gasteiger partial charge is 0.249 e. The summed E-state index contributed by atoms with van der Waals surface area (Å²) >= 11 is 0. The number of hydrogen-bond acceptors (Lipinski definition) is 4. The summed E-state index contributed by atoms with van der Waals surface area (Å²) in [5, 5.41) is 11.1. The van der Waals surface area contributed by atoms with Crippen molar-refractivity contribution in [1.82, 2.24) is 14.8 Å². The average molecular weight is 352 g/mol. The zero-order valence-corrected chi connectivity index (χ0v) is 15.9. The topological polar surface area (TPSA) is 73.0 Å². The van der Waals surface area contributed by atoms with Crippen LogP contribution in [-0.2, 0) is 17.8 Å². The molecule has 2 aromatic heterocycles. The Kier molecular flexibility index (Phi) is 4.93. The third-order valence-corrected chi connectivity index (χ3v) is 4.75. The fraction of sp³-hybridized carbons (Fsp3) is 0.350. The van der Waals surface area contributed by atoms with Crippen molar-refractivity contribution in [2.24, 2.45) is 0 Å². The third kappa shape index (κ3) is 3.40. The molecule has 0 bridgehead atoms. The molecule has 1 aromatic carbocycles. The number of amides is 1. The first-order valence-electron chi connectivity index (χ1n) is 8.76. The molecule has 0 aliphatic rings. The highest BCUT2D eigenvalue weighted by atomic mass is 16.4. The van der Waals surface area contributed by atoms with Crippen molar-refractivity contribution >= 4 is 11.6 Å². The van der Waals surface area contributed by atoms with Gasteiger partial charge in [-0.15, -0.1) is 10.2 Å². The number of benzene rings is 1. The van der Waals surface area contributed by atoms with Crippen molar-refractivity contribution in [3.05, 3.63) is 52.7 Å². The molecule has 3 rings (SSSR count). The molecule has 6 nitrogen and oxygen atoms in total. The number of nitrogens with zero attached hydrogens (tertiary/aromatic N) is 3. The molecule has 1 amide bonds. The zero-order valence-electron chi connectivity index (χ0n) is 15.9. The van der Waals surface area contributed by atoms with Crippen molar-refractivity contribution in [2.75, 3.05) is 5.32 Å².